The van der Waals surface area contributed by atoms with Crippen LogP contribution in [0.1, 0.15) is 24.1 Å². The number of carbonyl (C=O) groups is 1. The summed E-state index contributed by atoms with van der Waals surface area (Å²) in [6, 6.07) is 16.4. The predicted octanol–water partition coefficient (Wildman–Crippen LogP) is 3.29. The molecule has 0 unspecified atom stereocenters. The van der Waals surface area contributed by atoms with Gasteiger partial charge in [0.25, 0.3) is 0 Å². The molecule has 0 radical (unpaired) electrons. The first-order valence-electron chi connectivity index (χ1n) is 8.78. The average Bonchev–Trinajstić information content (AvgIpc) is 2.64. The number of likely N-dealkylation sites (tertiary alicyclic amines) is 1. The van der Waals surface area contributed by atoms with Crippen molar-refractivity contribution in [3.8, 4) is 0 Å². The van der Waals surface area contributed by atoms with Crippen LogP contribution in [0.25, 0.3) is 0 Å². The first-order chi connectivity index (χ1) is 11.8. The molecule has 1 aliphatic rings. The number of aromatic nitrogens is 1. The summed E-state index contributed by atoms with van der Waals surface area (Å²) in [7, 11) is 0. The van der Waals surface area contributed by atoms with Crippen LogP contribution >= 0.6 is 0 Å². The molecular formula is C20H25N3O. The first kappa shape index (κ1) is 16.5. The van der Waals surface area contributed by atoms with Gasteiger partial charge in [-0.05, 0) is 49.3 Å². The molecule has 0 atom stereocenters. The Bertz CT molecular complexity index is 622. The van der Waals surface area contributed by atoms with Crippen LogP contribution in [0.4, 0.5) is 4.79 Å². The molecule has 24 heavy (non-hydrogen) atoms. The molecule has 3 rings (SSSR count). The number of urea groups is 1. The van der Waals surface area contributed by atoms with Crippen LogP contribution in [-0.4, -0.2) is 35.5 Å². The molecule has 0 aliphatic carbocycles. The summed E-state index contributed by atoms with van der Waals surface area (Å²) in [6.07, 6.45) is 5.86. The normalized spacial score (nSPS) is 15.2. The van der Waals surface area contributed by atoms with Crippen molar-refractivity contribution in [3.63, 3.8) is 0 Å². The summed E-state index contributed by atoms with van der Waals surface area (Å²) in [5.74, 6) is 0.633. The molecule has 2 aromatic rings. The maximum Gasteiger partial charge on any atom is 0.317 e. The monoisotopic (exact) mass is 323 g/mol. The molecule has 0 spiro atoms. The molecule has 1 fully saturated rings. The van der Waals surface area contributed by atoms with E-state index in [-0.39, 0.29) is 6.03 Å². The van der Waals surface area contributed by atoms with Crippen LogP contribution in [0.5, 0.6) is 0 Å². The minimum atomic E-state index is 0.0715. The van der Waals surface area contributed by atoms with E-state index in [1.54, 1.807) is 0 Å². The quantitative estimate of drug-likeness (QED) is 0.918. The number of nitrogens with zero attached hydrogens (tertiary/aromatic N) is 2. The van der Waals surface area contributed by atoms with Gasteiger partial charge in [-0.15, -0.1) is 0 Å². The van der Waals surface area contributed by atoms with Gasteiger partial charge in [-0.3, -0.25) is 4.98 Å². The second kappa shape index (κ2) is 8.48. The summed E-state index contributed by atoms with van der Waals surface area (Å²) in [5.41, 5.74) is 2.41. The van der Waals surface area contributed by atoms with Gasteiger partial charge in [0.05, 0.1) is 0 Å². The second-order valence-electron chi connectivity index (χ2n) is 6.42. The van der Waals surface area contributed by atoms with E-state index in [9.17, 15) is 4.79 Å². The zero-order valence-electron chi connectivity index (χ0n) is 14.0. The minimum Gasteiger partial charge on any atom is -0.338 e. The van der Waals surface area contributed by atoms with E-state index in [1.807, 2.05) is 41.4 Å². The molecule has 4 heteroatoms. The molecule has 1 aromatic heterocycles. The van der Waals surface area contributed by atoms with Crippen molar-refractivity contribution in [2.24, 2.45) is 5.92 Å². The molecule has 2 heterocycles. The lowest BCUT2D eigenvalue weighted by Crippen LogP contribution is -2.45. The predicted molar refractivity (Wildman–Crippen MR) is 95.8 cm³/mol. The fourth-order valence-electron chi connectivity index (χ4n) is 3.23. The van der Waals surface area contributed by atoms with Gasteiger partial charge in [0.2, 0.25) is 0 Å². The Kier molecular flexibility index (Phi) is 5.83. The maximum atomic E-state index is 12.3. The molecule has 2 amide bonds. The molecule has 1 N–H and O–H groups in total. The van der Waals surface area contributed by atoms with E-state index in [1.165, 1.54) is 5.56 Å². The van der Waals surface area contributed by atoms with Gasteiger partial charge in [0.1, 0.15) is 0 Å². The number of piperidine rings is 1. The van der Waals surface area contributed by atoms with Crippen molar-refractivity contribution >= 4 is 6.03 Å². The lowest BCUT2D eigenvalue weighted by atomic mass is 9.92. The molecule has 0 bridgehead atoms. The zero-order chi connectivity index (χ0) is 16.6. The van der Waals surface area contributed by atoms with E-state index in [0.29, 0.717) is 12.5 Å². The fourth-order valence-corrected chi connectivity index (χ4v) is 3.23. The van der Waals surface area contributed by atoms with E-state index in [4.69, 9.17) is 0 Å². The molecule has 4 nitrogen and oxygen atoms in total. The molecule has 0 saturated carbocycles. The number of benzene rings is 1. The van der Waals surface area contributed by atoms with E-state index >= 15 is 0 Å². The van der Waals surface area contributed by atoms with Crippen molar-refractivity contribution in [3.05, 3.63) is 66.0 Å². The van der Waals surface area contributed by atoms with Gasteiger partial charge in [-0.1, -0.05) is 36.4 Å². The third kappa shape index (κ3) is 4.82. The number of carbonyl (C=O) groups excluding carboxylic acids is 1. The number of rotatable bonds is 5. The van der Waals surface area contributed by atoms with E-state index < -0.39 is 0 Å². The highest BCUT2D eigenvalue weighted by molar-refractivity contribution is 5.74. The third-order valence-electron chi connectivity index (χ3n) is 4.66. The number of hydrogen-bond acceptors (Lipinski definition) is 2. The Morgan fingerprint density at radius 2 is 1.83 bits per heavy atom. The Morgan fingerprint density at radius 3 is 2.54 bits per heavy atom. The standard InChI is InChI=1S/C20H25N3O/c24-20(22-13-9-17-6-2-1-3-7-17)23-14-10-18(11-15-23)16-19-8-4-5-12-21-19/h1-8,12,18H,9-11,13-16H2,(H,22,24). The highest BCUT2D eigenvalue weighted by atomic mass is 16.2. The number of nitrogens with one attached hydrogen (secondary N) is 1. The number of pyridine rings is 1. The van der Waals surface area contributed by atoms with Crippen molar-refractivity contribution in [2.45, 2.75) is 25.7 Å². The van der Waals surface area contributed by atoms with Crippen molar-refractivity contribution in [1.29, 1.82) is 0 Å². The van der Waals surface area contributed by atoms with Gasteiger partial charge in [0, 0.05) is 31.5 Å². The van der Waals surface area contributed by atoms with Crippen LogP contribution in [0.2, 0.25) is 0 Å². The van der Waals surface area contributed by atoms with Crippen molar-refractivity contribution < 1.29 is 4.79 Å². The summed E-state index contributed by atoms with van der Waals surface area (Å²) in [5, 5.41) is 3.04. The molecule has 1 aromatic carbocycles. The topological polar surface area (TPSA) is 45.2 Å². The largest absolute Gasteiger partial charge is 0.338 e. The first-order valence-corrected chi connectivity index (χ1v) is 8.78. The Hall–Kier alpha value is -2.36. The van der Waals surface area contributed by atoms with Gasteiger partial charge in [-0.2, -0.15) is 0 Å². The van der Waals surface area contributed by atoms with Crippen molar-refractivity contribution in [1.82, 2.24) is 15.2 Å². The number of amides is 2. The van der Waals surface area contributed by atoms with Crippen LogP contribution in [0.3, 0.4) is 0 Å². The highest BCUT2D eigenvalue weighted by Gasteiger charge is 2.22. The molecule has 126 valence electrons. The van der Waals surface area contributed by atoms with Gasteiger partial charge in [-0.25, -0.2) is 4.79 Å². The van der Waals surface area contributed by atoms with E-state index in [2.05, 4.69) is 28.5 Å². The van der Waals surface area contributed by atoms with Crippen LogP contribution in [0.15, 0.2) is 54.7 Å². The highest BCUT2D eigenvalue weighted by Crippen LogP contribution is 2.20. The molecule has 1 saturated heterocycles. The van der Waals surface area contributed by atoms with Crippen LogP contribution in [0, 0.1) is 5.92 Å². The molecular weight excluding hydrogens is 298 g/mol. The number of hydrogen-bond donors (Lipinski definition) is 1. The van der Waals surface area contributed by atoms with Crippen LogP contribution in [-0.2, 0) is 12.8 Å². The smallest absolute Gasteiger partial charge is 0.317 e. The van der Waals surface area contributed by atoms with Crippen molar-refractivity contribution in [2.75, 3.05) is 19.6 Å². The zero-order valence-corrected chi connectivity index (χ0v) is 14.0. The van der Waals surface area contributed by atoms with E-state index in [0.717, 1.165) is 44.5 Å². The summed E-state index contributed by atoms with van der Waals surface area (Å²) < 4.78 is 0. The third-order valence-corrected chi connectivity index (χ3v) is 4.66. The van der Waals surface area contributed by atoms with Gasteiger partial charge in [0.15, 0.2) is 0 Å². The average molecular weight is 323 g/mol. The Labute approximate surface area is 143 Å². The SMILES string of the molecule is O=C(NCCc1ccccc1)N1CCC(Cc2ccccn2)CC1. The van der Waals surface area contributed by atoms with Gasteiger partial charge >= 0.3 is 6.03 Å². The minimum absolute atomic E-state index is 0.0715. The lowest BCUT2D eigenvalue weighted by Gasteiger charge is -2.32. The Balaban J connectivity index is 1.37. The molecule has 1 aliphatic heterocycles. The lowest BCUT2D eigenvalue weighted by molar-refractivity contribution is 0.170. The summed E-state index contributed by atoms with van der Waals surface area (Å²) in [4.78, 5) is 18.6. The maximum absolute atomic E-state index is 12.3. The van der Waals surface area contributed by atoms with Gasteiger partial charge < -0.3 is 10.2 Å². The van der Waals surface area contributed by atoms with Crippen LogP contribution < -0.4 is 5.32 Å². The summed E-state index contributed by atoms with van der Waals surface area (Å²) >= 11 is 0. The Morgan fingerprint density at radius 1 is 1.08 bits per heavy atom. The summed E-state index contributed by atoms with van der Waals surface area (Å²) in [6.45, 7) is 2.38. The fraction of sp³-hybridized carbons (Fsp3) is 0.400. The second-order valence-corrected chi connectivity index (χ2v) is 6.42.